The van der Waals surface area contributed by atoms with Crippen molar-refractivity contribution in [1.82, 2.24) is 4.68 Å². The van der Waals surface area contributed by atoms with Crippen molar-refractivity contribution in [1.29, 1.82) is 0 Å². The van der Waals surface area contributed by atoms with Crippen molar-refractivity contribution in [2.24, 2.45) is 0 Å². The van der Waals surface area contributed by atoms with Gasteiger partial charge in [-0.15, -0.1) is 0 Å². The number of carbonyl (C=O) groups is 1. The molecule has 1 atom stereocenters. The summed E-state index contributed by atoms with van der Waals surface area (Å²) in [5.74, 6) is -3.83. The fourth-order valence-corrected chi connectivity index (χ4v) is 2.42. The molecule has 0 fully saturated rings. The molecule has 0 aliphatic carbocycles. The molecule has 2 aromatic rings. The van der Waals surface area contributed by atoms with Crippen molar-refractivity contribution < 1.29 is 28.2 Å². The Labute approximate surface area is 127 Å². The lowest BCUT2D eigenvalue weighted by Gasteiger charge is -2.36. The number of hydrogen-bond acceptors (Lipinski definition) is 6. The number of rotatable bonds is 1. The maximum atomic E-state index is 14.1. The van der Waals surface area contributed by atoms with E-state index >= 15 is 0 Å². The van der Waals surface area contributed by atoms with E-state index in [9.17, 15) is 18.4 Å². The third-order valence-electron chi connectivity index (χ3n) is 3.62. The number of halogens is 2. The summed E-state index contributed by atoms with van der Waals surface area (Å²) >= 11 is 0. The van der Waals surface area contributed by atoms with E-state index in [1.165, 1.54) is 9.69 Å². The first kappa shape index (κ1) is 14.9. The predicted molar refractivity (Wildman–Crippen MR) is 75.4 cm³/mol. The molecule has 0 radical (unpaired) electrons. The molecule has 1 aliphatic rings. The molecule has 1 aromatic carbocycles. The molecule has 0 amide bonds. The second-order valence-corrected chi connectivity index (χ2v) is 4.92. The standard InChI is InChI=1S/C13H11F2N3O5/c1-4-17(2)18-3-5(23-13(20)21)11(19)6-9(16)7(14)8(15)12(22-4)10(6)18/h3-4H,16H2,1-2H3,(H,20,21). The van der Waals surface area contributed by atoms with Gasteiger partial charge in [0.15, 0.2) is 17.8 Å². The second kappa shape index (κ2) is 4.73. The number of carboxylic acid groups (broad SMARTS) is 1. The summed E-state index contributed by atoms with van der Waals surface area (Å²) < 4.78 is 39.0. The minimum Gasteiger partial charge on any atom is -0.464 e. The van der Waals surface area contributed by atoms with Crippen LogP contribution in [0.15, 0.2) is 11.0 Å². The summed E-state index contributed by atoms with van der Waals surface area (Å²) in [5, 5.41) is 9.72. The molecule has 1 aromatic heterocycles. The molecule has 3 rings (SSSR count). The molecule has 23 heavy (non-hydrogen) atoms. The summed E-state index contributed by atoms with van der Waals surface area (Å²) in [6.07, 6.45) is -1.39. The fraction of sp³-hybridized carbons (Fsp3) is 0.231. The van der Waals surface area contributed by atoms with Crippen molar-refractivity contribution in [3.63, 3.8) is 0 Å². The normalized spacial score (nSPS) is 16.3. The van der Waals surface area contributed by atoms with Crippen molar-refractivity contribution in [2.75, 3.05) is 17.8 Å². The quantitative estimate of drug-likeness (QED) is 0.599. The second-order valence-electron chi connectivity index (χ2n) is 4.92. The lowest BCUT2D eigenvalue weighted by molar-refractivity contribution is 0.143. The van der Waals surface area contributed by atoms with Crippen LogP contribution in [0, 0.1) is 11.6 Å². The monoisotopic (exact) mass is 327 g/mol. The highest BCUT2D eigenvalue weighted by molar-refractivity contribution is 5.96. The van der Waals surface area contributed by atoms with Gasteiger partial charge >= 0.3 is 6.16 Å². The highest BCUT2D eigenvalue weighted by Gasteiger charge is 2.32. The van der Waals surface area contributed by atoms with E-state index in [2.05, 4.69) is 4.74 Å². The zero-order valence-electron chi connectivity index (χ0n) is 12.0. The molecule has 0 saturated heterocycles. The van der Waals surface area contributed by atoms with Crippen LogP contribution in [0.25, 0.3) is 10.9 Å². The van der Waals surface area contributed by atoms with E-state index in [1.54, 1.807) is 14.0 Å². The Bertz CT molecular complexity index is 911. The van der Waals surface area contributed by atoms with E-state index in [4.69, 9.17) is 15.6 Å². The van der Waals surface area contributed by atoms with Gasteiger partial charge in [0, 0.05) is 7.05 Å². The number of anilines is 1. The number of ether oxygens (including phenoxy) is 2. The molecule has 3 N–H and O–H groups in total. The average molecular weight is 327 g/mol. The van der Waals surface area contributed by atoms with Crippen LogP contribution in [0.4, 0.5) is 19.3 Å². The van der Waals surface area contributed by atoms with Gasteiger partial charge in [0.05, 0.1) is 17.3 Å². The SMILES string of the molecule is CC1Oc2c(F)c(F)c(N)c3c(=O)c(OC(=O)O)cn(c23)N1C. The van der Waals surface area contributed by atoms with Crippen LogP contribution in [-0.4, -0.2) is 29.2 Å². The van der Waals surface area contributed by atoms with Gasteiger partial charge in [-0.05, 0) is 6.92 Å². The summed E-state index contributed by atoms with van der Waals surface area (Å²) in [4.78, 5) is 23.1. The largest absolute Gasteiger partial charge is 0.511 e. The van der Waals surface area contributed by atoms with Gasteiger partial charge in [-0.3, -0.25) is 14.5 Å². The van der Waals surface area contributed by atoms with E-state index < -0.39 is 52.0 Å². The summed E-state index contributed by atoms with van der Waals surface area (Å²) in [5.41, 5.74) is 3.67. The number of nitrogen functional groups attached to an aromatic ring is 1. The van der Waals surface area contributed by atoms with Gasteiger partial charge in [-0.1, -0.05) is 0 Å². The number of hydrogen-bond donors (Lipinski definition) is 2. The molecule has 0 bridgehead atoms. The van der Waals surface area contributed by atoms with Crippen LogP contribution >= 0.6 is 0 Å². The van der Waals surface area contributed by atoms with Crippen LogP contribution in [0.3, 0.4) is 0 Å². The summed E-state index contributed by atoms with van der Waals surface area (Å²) in [6, 6.07) is 0. The van der Waals surface area contributed by atoms with Gasteiger partial charge in [0.1, 0.15) is 5.52 Å². The lowest BCUT2D eigenvalue weighted by Crippen LogP contribution is -2.46. The van der Waals surface area contributed by atoms with Crippen molar-refractivity contribution in [3.8, 4) is 11.5 Å². The van der Waals surface area contributed by atoms with Crippen LogP contribution < -0.4 is 25.6 Å². The minimum atomic E-state index is -1.72. The third-order valence-corrected chi connectivity index (χ3v) is 3.62. The predicted octanol–water partition coefficient (Wildman–Crippen LogP) is 1.22. The third kappa shape index (κ3) is 1.94. The van der Waals surface area contributed by atoms with Crippen LogP contribution in [0.5, 0.6) is 11.5 Å². The van der Waals surface area contributed by atoms with Gasteiger partial charge < -0.3 is 20.3 Å². The van der Waals surface area contributed by atoms with Gasteiger partial charge in [-0.2, -0.15) is 4.39 Å². The molecule has 8 nitrogen and oxygen atoms in total. The highest BCUT2D eigenvalue weighted by atomic mass is 19.2. The number of nitrogens with two attached hydrogens (primary N) is 1. The minimum absolute atomic E-state index is 0.107. The molecule has 1 aliphatic heterocycles. The first-order chi connectivity index (χ1) is 10.7. The molecule has 0 saturated carbocycles. The molecule has 0 spiro atoms. The van der Waals surface area contributed by atoms with E-state index in [0.29, 0.717) is 0 Å². The Morgan fingerprint density at radius 3 is 2.70 bits per heavy atom. The van der Waals surface area contributed by atoms with Gasteiger partial charge in [0.2, 0.25) is 17.0 Å². The zero-order valence-corrected chi connectivity index (χ0v) is 12.0. The topological polar surface area (TPSA) is 107 Å². The van der Waals surface area contributed by atoms with Crippen molar-refractivity contribution >= 4 is 22.7 Å². The molecule has 2 heterocycles. The van der Waals surface area contributed by atoms with E-state index in [1.807, 2.05) is 0 Å². The lowest BCUT2D eigenvalue weighted by atomic mass is 10.1. The maximum Gasteiger partial charge on any atom is 0.511 e. The number of benzene rings is 1. The van der Waals surface area contributed by atoms with Gasteiger partial charge in [0.25, 0.3) is 0 Å². The zero-order chi connectivity index (χ0) is 17.0. The van der Waals surface area contributed by atoms with Crippen molar-refractivity contribution in [2.45, 2.75) is 13.2 Å². The fourth-order valence-electron chi connectivity index (χ4n) is 2.42. The summed E-state index contributed by atoms with van der Waals surface area (Å²) in [6.45, 7) is 1.55. The summed E-state index contributed by atoms with van der Waals surface area (Å²) in [7, 11) is 1.54. The number of pyridine rings is 1. The molecular formula is C13H11F2N3O5. The van der Waals surface area contributed by atoms with Gasteiger partial charge in [-0.25, -0.2) is 9.18 Å². The number of nitrogens with zero attached hydrogens (tertiary/aromatic N) is 2. The Morgan fingerprint density at radius 2 is 2.09 bits per heavy atom. The first-order valence-corrected chi connectivity index (χ1v) is 6.40. The van der Waals surface area contributed by atoms with E-state index in [-0.39, 0.29) is 5.52 Å². The Kier molecular flexibility index (Phi) is 3.06. The van der Waals surface area contributed by atoms with E-state index in [0.717, 1.165) is 6.20 Å². The molecule has 1 unspecified atom stereocenters. The molecular weight excluding hydrogens is 316 g/mol. The van der Waals surface area contributed by atoms with Crippen LogP contribution in [0.2, 0.25) is 0 Å². The number of aromatic nitrogens is 1. The highest BCUT2D eigenvalue weighted by Crippen LogP contribution is 2.38. The van der Waals surface area contributed by atoms with Crippen LogP contribution in [0.1, 0.15) is 6.92 Å². The first-order valence-electron chi connectivity index (χ1n) is 6.40. The Hall–Kier alpha value is -3.04. The molecule has 122 valence electrons. The maximum absolute atomic E-state index is 14.1. The van der Waals surface area contributed by atoms with Crippen molar-refractivity contribution in [3.05, 3.63) is 28.1 Å². The average Bonchev–Trinajstić information content (AvgIpc) is 2.48. The Morgan fingerprint density at radius 1 is 1.43 bits per heavy atom. The smallest absolute Gasteiger partial charge is 0.464 e. The van der Waals surface area contributed by atoms with Crippen LogP contribution in [-0.2, 0) is 0 Å². The molecule has 10 heteroatoms. The Balaban J connectivity index is 2.52.